The minimum absolute atomic E-state index is 0.155. The van der Waals surface area contributed by atoms with Gasteiger partial charge in [0.25, 0.3) is 11.6 Å². The monoisotopic (exact) mass is 282 g/mol. The minimum atomic E-state index is -0.596. The maximum Gasteiger partial charge on any atom is 0.294 e. The number of hydrazine groups is 1. The highest BCUT2D eigenvalue weighted by Gasteiger charge is 2.16. The van der Waals surface area contributed by atoms with Crippen LogP contribution in [0.25, 0.3) is 0 Å². The SMILES string of the molecule is CCOCCCNC(=O)c1ccc(NN)c([N+](=O)[O-])c1. The van der Waals surface area contributed by atoms with Gasteiger partial charge in [-0.3, -0.25) is 20.8 Å². The number of nitro benzene ring substituents is 1. The number of carbonyl (C=O) groups excluding carboxylic acids is 1. The Labute approximate surface area is 116 Å². The summed E-state index contributed by atoms with van der Waals surface area (Å²) >= 11 is 0. The molecule has 0 aliphatic carbocycles. The minimum Gasteiger partial charge on any atom is -0.382 e. The third-order valence-corrected chi connectivity index (χ3v) is 2.57. The molecule has 0 fully saturated rings. The Bertz CT molecular complexity index is 479. The fourth-order valence-corrected chi connectivity index (χ4v) is 1.57. The van der Waals surface area contributed by atoms with Gasteiger partial charge in [-0.05, 0) is 25.5 Å². The van der Waals surface area contributed by atoms with Gasteiger partial charge in [0.15, 0.2) is 0 Å². The number of nitro groups is 1. The second kappa shape index (κ2) is 8.08. The van der Waals surface area contributed by atoms with Gasteiger partial charge in [0.05, 0.1) is 4.92 Å². The van der Waals surface area contributed by atoms with E-state index in [2.05, 4.69) is 10.7 Å². The van der Waals surface area contributed by atoms with E-state index in [-0.39, 0.29) is 22.8 Å². The van der Waals surface area contributed by atoms with Gasteiger partial charge < -0.3 is 15.5 Å². The predicted molar refractivity (Wildman–Crippen MR) is 74.3 cm³/mol. The number of benzene rings is 1. The van der Waals surface area contributed by atoms with Crippen LogP contribution in [-0.2, 0) is 4.74 Å². The fourth-order valence-electron chi connectivity index (χ4n) is 1.57. The van der Waals surface area contributed by atoms with Crippen LogP contribution in [0.15, 0.2) is 18.2 Å². The third-order valence-electron chi connectivity index (χ3n) is 2.57. The number of rotatable bonds is 8. The molecule has 0 radical (unpaired) electrons. The van der Waals surface area contributed by atoms with Crippen LogP contribution in [0, 0.1) is 10.1 Å². The predicted octanol–water partition coefficient (Wildman–Crippen LogP) is 1.04. The van der Waals surface area contributed by atoms with Crippen molar-refractivity contribution in [2.75, 3.05) is 25.2 Å². The molecule has 0 aliphatic rings. The molecule has 0 spiro atoms. The highest BCUT2D eigenvalue weighted by atomic mass is 16.6. The first-order valence-corrected chi connectivity index (χ1v) is 6.21. The molecule has 0 atom stereocenters. The molecule has 20 heavy (non-hydrogen) atoms. The summed E-state index contributed by atoms with van der Waals surface area (Å²) in [6.45, 7) is 3.54. The van der Waals surface area contributed by atoms with E-state index in [4.69, 9.17) is 10.6 Å². The molecule has 0 bridgehead atoms. The number of carbonyl (C=O) groups is 1. The second-order valence-electron chi connectivity index (χ2n) is 3.94. The van der Waals surface area contributed by atoms with Crippen molar-refractivity contribution in [3.05, 3.63) is 33.9 Å². The Morgan fingerprint density at radius 3 is 2.85 bits per heavy atom. The van der Waals surface area contributed by atoms with E-state index in [0.717, 1.165) is 0 Å². The lowest BCUT2D eigenvalue weighted by molar-refractivity contribution is -0.384. The molecule has 0 aromatic heterocycles. The Balaban J connectivity index is 2.64. The summed E-state index contributed by atoms with van der Waals surface area (Å²) in [5.74, 6) is 4.80. The largest absolute Gasteiger partial charge is 0.382 e. The van der Waals surface area contributed by atoms with Crippen molar-refractivity contribution in [3.8, 4) is 0 Å². The lowest BCUT2D eigenvalue weighted by Gasteiger charge is -2.07. The molecular weight excluding hydrogens is 264 g/mol. The number of nitrogens with one attached hydrogen (secondary N) is 2. The van der Waals surface area contributed by atoms with Crippen LogP contribution in [0.3, 0.4) is 0 Å². The Morgan fingerprint density at radius 2 is 2.25 bits per heavy atom. The third kappa shape index (κ3) is 4.48. The molecule has 4 N–H and O–H groups in total. The summed E-state index contributed by atoms with van der Waals surface area (Å²) in [5, 5.41) is 13.5. The van der Waals surface area contributed by atoms with Crippen LogP contribution in [-0.4, -0.2) is 30.6 Å². The molecule has 0 saturated heterocycles. The Kier molecular flexibility index (Phi) is 6.41. The molecule has 8 nitrogen and oxygen atoms in total. The maximum atomic E-state index is 11.8. The quantitative estimate of drug-likeness (QED) is 0.283. The lowest BCUT2D eigenvalue weighted by atomic mass is 10.1. The molecule has 1 aromatic rings. The van der Waals surface area contributed by atoms with Crippen molar-refractivity contribution >= 4 is 17.3 Å². The van der Waals surface area contributed by atoms with Gasteiger partial charge in [-0.25, -0.2) is 0 Å². The number of hydrogen-bond acceptors (Lipinski definition) is 6. The zero-order chi connectivity index (χ0) is 15.0. The number of nitrogens with two attached hydrogens (primary N) is 1. The van der Waals surface area contributed by atoms with E-state index >= 15 is 0 Å². The number of nitrogens with zero attached hydrogens (tertiary/aromatic N) is 1. The van der Waals surface area contributed by atoms with Crippen LogP contribution in [0.1, 0.15) is 23.7 Å². The van der Waals surface area contributed by atoms with Crippen molar-refractivity contribution in [2.24, 2.45) is 5.84 Å². The van der Waals surface area contributed by atoms with Gasteiger partial charge in [0.1, 0.15) is 5.69 Å². The van der Waals surface area contributed by atoms with Gasteiger partial charge in [0, 0.05) is 31.4 Å². The molecule has 1 rings (SSSR count). The number of amides is 1. The first-order chi connectivity index (χ1) is 9.60. The lowest BCUT2D eigenvalue weighted by Crippen LogP contribution is -2.25. The first kappa shape index (κ1) is 15.9. The van der Waals surface area contributed by atoms with Crippen LogP contribution in [0.2, 0.25) is 0 Å². The number of nitrogen functional groups attached to an aromatic ring is 1. The van der Waals surface area contributed by atoms with Crippen molar-refractivity contribution < 1.29 is 14.5 Å². The van der Waals surface area contributed by atoms with Gasteiger partial charge in [-0.1, -0.05) is 0 Å². The topological polar surface area (TPSA) is 120 Å². The summed E-state index contributed by atoms with van der Waals surface area (Å²) in [6, 6.07) is 4.06. The van der Waals surface area contributed by atoms with Crippen LogP contribution >= 0.6 is 0 Å². The van der Waals surface area contributed by atoms with E-state index in [9.17, 15) is 14.9 Å². The van der Waals surface area contributed by atoms with Crippen molar-refractivity contribution in [3.63, 3.8) is 0 Å². The summed E-state index contributed by atoms with van der Waals surface area (Å²) < 4.78 is 5.14. The summed E-state index contributed by atoms with van der Waals surface area (Å²) in [5.41, 5.74) is 2.35. The number of anilines is 1. The van der Waals surface area contributed by atoms with Crippen LogP contribution in [0.4, 0.5) is 11.4 Å². The molecule has 0 unspecified atom stereocenters. The average molecular weight is 282 g/mol. The summed E-state index contributed by atoms with van der Waals surface area (Å²) in [6.07, 6.45) is 0.685. The van der Waals surface area contributed by atoms with E-state index in [1.165, 1.54) is 18.2 Å². The highest BCUT2D eigenvalue weighted by molar-refractivity contribution is 5.95. The molecular formula is C12H18N4O4. The molecule has 0 heterocycles. The second-order valence-corrected chi connectivity index (χ2v) is 3.94. The zero-order valence-corrected chi connectivity index (χ0v) is 11.2. The standard InChI is InChI=1S/C12H18N4O4/c1-2-20-7-3-6-14-12(17)9-4-5-10(15-13)11(8-9)16(18)19/h4-5,8,15H,2-3,6-7,13H2,1H3,(H,14,17). The van der Waals surface area contributed by atoms with Crippen LogP contribution < -0.4 is 16.6 Å². The van der Waals surface area contributed by atoms with Gasteiger partial charge in [-0.2, -0.15) is 0 Å². The summed E-state index contributed by atoms with van der Waals surface area (Å²) in [4.78, 5) is 22.1. The van der Waals surface area contributed by atoms with Gasteiger partial charge in [0.2, 0.25) is 0 Å². The van der Waals surface area contributed by atoms with Crippen molar-refractivity contribution in [1.29, 1.82) is 0 Å². The number of hydrogen-bond donors (Lipinski definition) is 3. The smallest absolute Gasteiger partial charge is 0.294 e. The van der Waals surface area contributed by atoms with E-state index < -0.39 is 4.92 Å². The molecule has 1 amide bonds. The Hall–Kier alpha value is -2.19. The van der Waals surface area contributed by atoms with Crippen molar-refractivity contribution in [1.82, 2.24) is 5.32 Å². The normalized spacial score (nSPS) is 10.1. The molecule has 1 aromatic carbocycles. The highest BCUT2D eigenvalue weighted by Crippen LogP contribution is 2.24. The van der Waals surface area contributed by atoms with Gasteiger partial charge in [-0.15, -0.1) is 0 Å². The van der Waals surface area contributed by atoms with Gasteiger partial charge >= 0.3 is 0 Å². The number of ether oxygens (including phenoxy) is 1. The summed E-state index contributed by atoms with van der Waals surface area (Å²) in [7, 11) is 0. The molecule has 110 valence electrons. The fraction of sp³-hybridized carbons (Fsp3) is 0.417. The van der Waals surface area contributed by atoms with E-state index in [0.29, 0.717) is 26.2 Å². The average Bonchev–Trinajstić information content (AvgIpc) is 2.46. The van der Waals surface area contributed by atoms with Crippen molar-refractivity contribution in [2.45, 2.75) is 13.3 Å². The van der Waals surface area contributed by atoms with Crippen LogP contribution in [0.5, 0.6) is 0 Å². The first-order valence-electron chi connectivity index (χ1n) is 6.21. The molecule has 0 saturated carbocycles. The van der Waals surface area contributed by atoms with E-state index in [1.54, 1.807) is 0 Å². The molecule has 8 heteroatoms. The van der Waals surface area contributed by atoms with E-state index in [1.807, 2.05) is 6.92 Å². The Morgan fingerprint density at radius 1 is 1.50 bits per heavy atom. The zero-order valence-electron chi connectivity index (χ0n) is 11.2. The maximum absolute atomic E-state index is 11.8. The molecule has 0 aliphatic heterocycles.